The first-order chi connectivity index (χ1) is 18.0. The molecular weight excluding hydrogens is 486 g/mol. The van der Waals surface area contributed by atoms with Crippen LogP contribution in [0.4, 0.5) is 11.4 Å². The number of aromatic nitrogens is 3. The Hall–Kier alpha value is -3.82. The van der Waals surface area contributed by atoms with E-state index < -0.39 is 0 Å². The number of aromatic hydroxyl groups is 1. The van der Waals surface area contributed by atoms with Gasteiger partial charge in [-0.05, 0) is 61.9 Å². The van der Waals surface area contributed by atoms with Gasteiger partial charge in [-0.2, -0.15) is 0 Å². The van der Waals surface area contributed by atoms with E-state index in [0.29, 0.717) is 16.5 Å². The van der Waals surface area contributed by atoms with Crippen LogP contribution in [-0.2, 0) is 9.53 Å². The Bertz CT molecular complexity index is 1400. The smallest absolute Gasteiger partial charge is 0.234 e. The van der Waals surface area contributed by atoms with Gasteiger partial charge in [0.05, 0.1) is 30.2 Å². The molecule has 2 heterocycles. The number of phenolic OH excluding ortho intramolecular Hbond substituents is 1. The van der Waals surface area contributed by atoms with Crippen LogP contribution in [0.3, 0.4) is 0 Å². The number of hydrogen-bond donors (Lipinski definition) is 2. The summed E-state index contributed by atoms with van der Waals surface area (Å²) in [6.07, 6.45) is 0. The lowest BCUT2D eigenvalue weighted by Gasteiger charge is -2.28. The normalized spacial score (nSPS) is 13.5. The van der Waals surface area contributed by atoms with E-state index >= 15 is 0 Å². The molecule has 1 aliphatic rings. The minimum atomic E-state index is -0.136. The molecule has 9 heteroatoms. The van der Waals surface area contributed by atoms with Crippen molar-refractivity contribution in [3.63, 3.8) is 0 Å². The zero-order chi connectivity index (χ0) is 25.8. The first kappa shape index (κ1) is 24.9. The van der Waals surface area contributed by atoms with Crippen LogP contribution in [0, 0.1) is 13.8 Å². The molecule has 0 saturated carbocycles. The van der Waals surface area contributed by atoms with Crippen molar-refractivity contribution in [3.8, 4) is 22.8 Å². The topological polar surface area (TPSA) is 92.5 Å². The molecule has 1 fully saturated rings. The van der Waals surface area contributed by atoms with Gasteiger partial charge in [-0.25, -0.2) is 0 Å². The summed E-state index contributed by atoms with van der Waals surface area (Å²) in [5.41, 5.74) is 5.53. The van der Waals surface area contributed by atoms with Crippen molar-refractivity contribution in [2.45, 2.75) is 19.0 Å². The van der Waals surface area contributed by atoms with Gasteiger partial charge in [-0.15, -0.1) is 10.2 Å². The number of phenols is 1. The molecule has 2 N–H and O–H groups in total. The molecule has 0 unspecified atom stereocenters. The second kappa shape index (κ2) is 11.1. The highest BCUT2D eigenvalue weighted by Crippen LogP contribution is 2.33. The number of carbonyl (C=O) groups is 1. The van der Waals surface area contributed by atoms with Gasteiger partial charge in [0.15, 0.2) is 11.0 Å². The van der Waals surface area contributed by atoms with E-state index in [1.54, 1.807) is 18.2 Å². The minimum Gasteiger partial charge on any atom is -0.507 e. The van der Waals surface area contributed by atoms with Crippen molar-refractivity contribution in [1.29, 1.82) is 0 Å². The first-order valence-electron chi connectivity index (χ1n) is 12.2. The average molecular weight is 516 g/mol. The van der Waals surface area contributed by atoms with Crippen LogP contribution in [0.2, 0.25) is 0 Å². The number of benzene rings is 3. The molecule has 37 heavy (non-hydrogen) atoms. The summed E-state index contributed by atoms with van der Waals surface area (Å²) in [7, 11) is 0. The van der Waals surface area contributed by atoms with Crippen LogP contribution < -0.4 is 10.2 Å². The van der Waals surface area contributed by atoms with Gasteiger partial charge >= 0.3 is 0 Å². The fraction of sp³-hybridized carbons (Fsp3) is 0.250. The summed E-state index contributed by atoms with van der Waals surface area (Å²) in [6, 6.07) is 21.0. The molecule has 1 saturated heterocycles. The van der Waals surface area contributed by atoms with Crippen molar-refractivity contribution in [3.05, 3.63) is 77.9 Å². The van der Waals surface area contributed by atoms with Crippen LogP contribution in [-0.4, -0.2) is 57.8 Å². The number of anilines is 2. The number of thioether (sulfide) groups is 1. The third-order valence-electron chi connectivity index (χ3n) is 6.23. The second-order valence-corrected chi connectivity index (χ2v) is 9.87. The third kappa shape index (κ3) is 5.63. The quantitative estimate of drug-likeness (QED) is 0.341. The summed E-state index contributed by atoms with van der Waals surface area (Å²) in [5, 5.41) is 22.8. The zero-order valence-corrected chi connectivity index (χ0v) is 21.7. The molecule has 3 aromatic carbocycles. The van der Waals surface area contributed by atoms with E-state index in [-0.39, 0.29) is 17.4 Å². The number of para-hydroxylation sites is 1. The molecule has 0 radical (unpaired) electrons. The monoisotopic (exact) mass is 515 g/mol. The van der Waals surface area contributed by atoms with Crippen molar-refractivity contribution >= 4 is 29.0 Å². The highest BCUT2D eigenvalue weighted by molar-refractivity contribution is 7.99. The summed E-state index contributed by atoms with van der Waals surface area (Å²) in [6.45, 7) is 7.26. The van der Waals surface area contributed by atoms with Crippen molar-refractivity contribution < 1.29 is 14.6 Å². The number of nitrogens with zero attached hydrogens (tertiary/aromatic N) is 4. The lowest BCUT2D eigenvalue weighted by Crippen LogP contribution is -2.36. The van der Waals surface area contributed by atoms with E-state index in [9.17, 15) is 9.90 Å². The Labute approximate surface area is 220 Å². The van der Waals surface area contributed by atoms with Gasteiger partial charge in [0.2, 0.25) is 5.91 Å². The van der Waals surface area contributed by atoms with Crippen molar-refractivity contribution in [2.24, 2.45) is 0 Å². The predicted molar refractivity (Wildman–Crippen MR) is 147 cm³/mol. The minimum absolute atomic E-state index is 0.121. The molecule has 1 aromatic heterocycles. The zero-order valence-electron chi connectivity index (χ0n) is 20.8. The molecular formula is C28H29N5O3S. The Balaban J connectivity index is 1.34. The lowest BCUT2D eigenvalue weighted by molar-refractivity contribution is -0.113. The Kier molecular flexibility index (Phi) is 7.43. The maximum atomic E-state index is 12.8. The van der Waals surface area contributed by atoms with Gasteiger partial charge in [0.25, 0.3) is 0 Å². The average Bonchev–Trinajstić information content (AvgIpc) is 3.32. The molecule has 8 nitrogen and oxygen atoms in total. The summed E-state index contributed by atoms with van der Waals surface area (Å²) in [4.78, 5) is 15.1. The maximum absolute atomic E-state index is 12.8. The van der Waals surface area contributed by atoms with E-state index in [1.807, 2.05) is 60.9 Å². The number of aryl methyl sites for hydroxylation is 2. The van der Waals surface area contributed by atoms with E-state index in [2.05, 4.69) is 26.5 Å². The highest BCUT2D eigenvalue weighted by atomic mass is 32.2. The number of morpholine rings is 1. The second-order valence-electron chi connectivity index (χ2n) is 8.93. The molecule has 1 aliphatic heterocycles. The molecule has 5 rings (SSSR count). The predicted octanol–water partition coefficient (Wildman–Crippen LogP) is 4.82. The number of ether oxygens (including phenoxy) is 1. The van der Waals surface area contributed by atoms with Crippen LogP contribution in [0.1, 0.15) is 11.1 Å². The van der Waals surface area contributed by atoms with Crippen molar-refractivity contribution in [2.75, 3.05) is 42.3 Å². The number of carbonyl (C=O) groups excluding carboxylic acids is 1. The van der Waals surface area contributed by atoms with Crippen LogP contribution in [0.15, 0.2) is 71.9 Å². The number of nitrogens with one attached hydrogen (secondary N) is 1. The van der Waals surface area contributed by atoms with Crippen LogP contribution >= 0.6 is 11.8 Å². The molecule has 190 valence electrons. The van der Waals surface area contributed by atoms with Crippen molar-refractivity contribution in [1.82, 2.24) is 14.8 Å². The van der Waals surface area contributed by atoms with Crippen LogP contribution in [0.5, 0.6) is 5.75 Å². The van der Waals surface area contributed by atoms with E-state index in [1.165, 1.54) is 11.8 Å². The number of hydrogen-bond acceptors (Lipinski definition) is 7. The highest BCUT2D eigenvalue weighted by Gasteiger charge is 2.20. The first-order valence-corrected chi connectivity index (χ1v) is 13.1. The maximum Gasteiger partial charge on any atom is 0.234 e. The molecule has 0 bridgehead atoms. The fourth-order valence-electron chi connectivity index (χ4n) is 4.38. The van der Waals surface area contributed by atoms with E-state index in [0.717, 1.165) is 54.5 Å². The standard InChI is InChI=1S/C28H29N5O3S/c1-19-7-12-24(20(2)17-19)33-27(23-5-3-4-6-25(23)34)30-31-28(33)37-18-26(35)29-21-8-10-22(11-9-21)32-13-15-36-16-14-32/h3-12,17,34H,13-16,18H2,1-2H3,(H,29,35). The van der Waals surface area contributed by atoms with E-state index in [4.69, 9.17) is 4.74 Å². The molecule has 0 aliphatic carbocycles. The lowest BCUT2D eigenvalue weighted by atomic mass is 10.1. The number of amides is 1. The van der Waals surface area contributed by atoms with Gasteiger partial charge in [0, 0.05) is 24.5 Å². The Morgan fingerprint density at radius 2 is 1.78 bits per heavy atom. The number of rotatable bonds is 7. The largest absolute Gasteiger partial charge is 0.507 e. The molecule has 0 atom stereocenters. The Morgan fingerprint density at radius 1 is 1.03 bits per heavy atom. The molecule has 0 spiro atoms. The van der Waals surface area contributed by atoms with Gasteiger partial charge in [-0.3, -0.25) is 9.36 Å². The summed E-state index contributed by atoms with van der Waals surface area (Å²) in [5.74, 6) is 0.667. The summed E-state index contributed by atoms with van der Waals surface area (Å²) >= 11 is 1.30. The Morgan fingerprint density at radius 3 is 2.51 bits per heavy atom. The van der Waals surface area contributed by atoms with Gasteiger partial charge in [0.1, 0.15) is 5.75 Å². The molecule has 1 amide bonds. The van der Waals surface area contributed by atoms with Crippen LogP contribution in [0.25, 0.3) is 17.1 Å². The molecule has 4 aromatic rings. The van der Waals surface area contributed by atoms with Gasteiger partial charge < -0.3 is 20.1 Å². The van der Waals surface area contributed by atoms with Gasteiger partial charge in [-0.1, -0.05) is 41.6 Å². The third-order valence-corrected chi connectivity index (χ3v) is 7.16. The SMILES string of the molecule is Cc1ccc(-n2c(SCC(=O)Nc3ccc(N4CCOCC4)cc3)nnc2-c2ccccc2O)c(C)c1. The fourth-order valence-corrected chi connectivity index (χ4v) is 5.12. The summed E-state index contributed by atoms with van der Waals surface area (Å²) < 4.78 is 7.32.